The Balaban J connectivity index is 1.10. The van der Waals surface area contributed by atoms with Gasteiger partial charge in [0.15, 0.2) is 0 Å². The Hall–Kier alpha value is -1.51. The van der Waals surface area contributed by atoms with E-state index in [1.807, 2.05) is 7.11 Å². The van der Waals surface area contributed by atoms with Crippen LogP contribution in [0, 0.1) is 100 Å². The third kappa shape index (κ3) is 7.51. The van der Waals surface area contributed by atoms with Crippen molar-refractivity contribution in [3.05, 3.63) is 12.2 Å². The maximum absolute atomic E-state index is 12.5. The molecule has 0 aromatic heterocycles. The number of piperidine rings is 1. The largest absolute Gasteiger partial charge is 0.465 e. The Morgan fingerprint density at radius 2 is 1.64 bits per heavy atom. The quantitative estimate of drug-likeness (QED) is 0.133. The first-order valence-electron chi connectivity index (χ1n) is 24.5. The van der Waals surface area contributed by atoms with Gasteiger partial charge < -0.3 is 34.9 Å². The Morgan fingerprint density at radius 3 is 2.44 bits per heavy atom. The van der Waals surface area contributed by atoms with Crippen LogP contribution >= 0.6 is 0 Å². The number of nitrogens with two attached hydrogens (primary N) is 1. The second kappa shape index (κ2) is 16.9. The Bertz CT molecular complexity index is 1610. The zero-order valence-electron chi connectivity index (χ0n) is 36.3. The molecule has 16 unspecified atom stereocenters. The highest BCUT2D eigenvalue weighted by molar-refractivity contribution is 5.65. The molecule has 5 N–H and O–H groups in total. The van der Waals surface area contributed by atoms with E-state index in [1.54, 1.807) is 7.11 Å². The number of esters is 1. The minimum Gasteiger partial charge on any atom is -0.465 e. The van der Waals surface area contributed by atoms with Gasteiger partial charge in [-0.15, -0.1) is 5.92 Å². The average molecular weight is 817 g/mol. The van der Waals surface area contributed by atoms with E-state index in [9.17, 15) is 15.0 Å². The molecule has 10 rings (SSSR count). The van der Waals surface area contributed by atoms with Crippen LogP contribution in [0.2, 0.25) is 0 Å². The molecule has 328 valence electrons. The fourth-order valence-corrected chi connectivity index (χ4v) is 17.4. The topological polar surface area (TPSA) is 132 Å². The number of methoxy groups -OCH3 is 2. The van der Waals surface area contributed by atoms with Crippen molar-refractivity contribution >= 4 is 5.97 Å². The molecule has 10 aliphatic rings. The number of fused-ring (bicyclic) bond motifs is 7. The summed E-state index contributed by atoms with van der Waals surface area (Å²) in [5.41, 5.74) is 6.98. The maximum Gasteiger partial charge on any atom is 0.302 e. The van der Waals surface area contributed by atoms with Crippen molar-refractivity contribution in [1.82, 2.24) is 5.32 Å². The van der Waals surface area contributed by atoms with Crippen LogP contribution in [0.4, 0.5) is 0 Å². The van der Waals surface area contributed by atoms with Crippen molar-refractivity contribution in [2.75, 3.05) is 20.8 Å². The van der Waals surface area contributed by atoms with E-state index in [1.165, 1.54) is 64.7 Å². The zero-order chi connectivity index (χ0) is 40.6. The Kier molecular flexibility index (Phi) is 11.9. The highest BCUT2D eigenvalue weighted by Crippen LogP contribution is 2.69. The molecule has 6 saturated carbocycles. The maximum atomic E-state index is 12.5. The van der Waals surface area contributed by atoms with E-state index in [-0.39, 0.29) is 71.9 Å². The molecule has 2 saturated heterocycles. The van der Waals surface area contributed by atoms with E-state index >= 15 is 0 Å². The second-order valence-corrected chi connectivity index (χ2v) is 22.1. The summed E-state index contributed by atoms with van der Waals surface area (Å²) < 4.78 is 26.2. The lowest BCUT2D eigenvalue weighted by molar-refractivity contribution is -0.194. The summed E-state index contributed by atoms with van der Waals surface area (Å²) in [5, 5.41) is 26.8. The molecule has 1 spiro atoms. The van der Waals surface area contributed by atoms with E-state index in [0.717, 1.165) is 44.4 Å². The SMILES string of the molecule is COC1CC2C(CC#CC3NC(N)CC4C=C[C@H](CC5CCCCC5)[C@H](C43)[C@H]3CC[C@@]4(CC5CC(O)CC(OC)C5C5CCC6C(O[C@H]2[C@@H]6COC(C)=O)C54)C3)CC1O. The number of aliphatic hydroxyl groups excluding tert-OH is 2. The molecule has 0 aromatic carbocycles. The molecule has 59 heavy (non-hydrogen) atoms. The van der Waals surface area contributed by atoms with Crippen molar-refractivity contribution in [2.45, 2.75) is 171 Å². The number of aliphatic hydroxyl groups is 2. The molecule has 9 heteroatoms. The molecule has 8 fully saturated rings. The van der Waals surface area contributed by atoms with Crippen LogP contribution in [-0.4, -0.2) is 85.8 Å². The predicted octanol–water partition coefficient (Wildman–Crippen LogP) is 6.63. The summed E-state index contributed by atoms with van der Waals surface area (Å²) in [6.07, 6.45) is 24.0. The fraction of sp³-hybridized carbons (Fsp3) is 0.900. The number of carbonyl (C=O) groups is 1. The number of rotatable bonds is 6. The Morgan fingerprint density at radius 1 is 0.847 bits per heavy atom. The molecule has 9 nitrogen and oxygen atoms in total. The molecule has 22 atom stereocenters. The highest BCUT2D eigenvalue weighted by atomic mass is 16.5. The van der Waals surface area contributed by atoms with Gasteiger partial charge in [-0.3, -0.25) is 10.1 Å². The van der Waals surface area contributed by atoms with Gasteiger partial charge in [0.05, 0.1) is 55.4 Å². The molecule has 4 bridgehead atoms. The Labute approximate surface area is 354 Å². The molecule has 3 aliphatic heterocycles. The van der Waals surface area contributed by atoms with Gasteiger partial charge in [0, 0.05) is 33.5 Å². The van der Waals surface area contributed by atoms with Gasteiger partial charge in [0.2, 0.25) is 0 Å². The summed E-state index contributed by atoms with van der Waals surface area (Å²) in [6.45, 7) is 1.92. The number of hydrogen-bond donors (Lipinski definition) is 4. The van der Waals surface area contributed by atoms with E-state index in [4.69, 9.17) is 24.7 Å². The summed E-state index contributed by atoms with van der Waals surface area (Å²) in [4.78, 5) is 12.5. The highest BCUT2D eigenvalue weighted by Gasteiger charge is 2.67. The van der Waals surface area contributed by atoms with Gasteiger partial charge in [0.25, 0.3) is 0 Å². The first-order chi connectivity index (χ1) is 28.6. The lowest BCUT2D eigenvalue weighted by Crippen LogP contribution is -2.60. The smallest absolute Gasteiger partial charge is 0.302 e. The first kappa shape index (κ1) is 41.5. The number of hydrogen-bond acceptors (Lipinski definition) is 9. The van der Waals surface area contributed by atoms with E-state index in [2.05, 4.69) is 29.3 Å². The van der Waals surface area contributed by atoms with Crippen LogP contribution in [0.5, 0.6) is 0 Å². The molecule has 0 radical (unpaired) electrons. The molecular weight excluding hydrogens is 741 g/mol. The van der Waals surface area contributed by atoms with Crippen LogP contribution in [0.15, 0.2) is 12.2 Å². The van der Waals surface area contributed by atoms with Crippen LogP contribution in [0.25, 0.3) is 0 Å². The second-order valence-electron chi connectivity index (χ2n) is 22.1. The standard InChI is InChI=1S/C50H76N2O7/c1-27(53)58-26-38-35-14-15-36-45-33(19-34(54)22-42(45)57-3)25-50-17-16-32(24-50)44-30(18-28-8-5-4-6-9-28)12-13-31-21-43(51)52-39(46(31)44)11-7-10-29-20-40(55)41(56-2)23-37(29)48(38)59-49(35)47(36)50/h12-13,28-49,52,54-55H,4-6,8-10,14-26,51H2,1-3H3/t29?,30-,31?,32+,33?,34?,35?,36?,37?,38-,39?,40?,41?,42?,43?,44+,45?,46?,47?,48-,49?,50+/m1/s1. The first-order valence-corrected chi connectivity index (χ1v) is 24.5. The van der Waals surface area contributed by atoms with Crippen molar-refractivity contribution in [3.63, 3.8) is 0 Å². The van der Waals surface area contributed by atoms with Gasteiger partial charge in [-0.1, -0.05) is 50.2 Å². The van der Waals surface area contributed by atoms with Crippen molar-refractivity contribution < 1.29 is 34.0 Å². The van der Waals surface area contributed by atoms with E-state index < -0.39 is 6.10 Å². The summed E-state index contributed by atoms with van der Waals surface area (Å²) >= 11 is 0. The minimum absolute atomic E-state index is 0.0378. The molecular formula is C50H76N2O7. The van der Waals surface area contributed by atoms with Crippen LogP contribution in [-0.2, 0) is 23.7 Å². The summed E-state index contributed by atoms with van der Waals surface area (Å²) in [5.74, 6) is 13.3. The summed E-state index contributed by atoms with van der Waals surface area (Å²) in [6, 6.07) is 0.0378. The molecule has 7 aliphatic carbocycles. The van der Waals surface area contributed by atoms with Gasteiger partial charge in [0.1, 0.15) is 0 Å². The zero-order valence-corrected chi connectivity index (χ0v) is 36.3. The monoisotopic (exact) mass is 817 g/mol. The van der Waals surface area contributed by atoms with Crippen LogP contribution < -0.4 is 11.1 Å². The number of allylic oxidation sites excluding steroid dienone is 2. The van der Waals surface area contributed by atoms with Gasteiger partial charge in [-0.05, 0) is 159 Å². The fourth-order valence-electron chi connectivity index (χ4n) is 17.4. The number of nitrogens with one attached hydrogen (secondary N) is 1. The van der Waals surface area contributed by atoms with Gasteiger partial charge in [-0.2, -0.15) is 0 Å². The van der Waals surface area contributed by atoms with Crippen molar-refractivity contribution in [2.24, 2.45) is 94.0 Å². The lowest BCUT2D eigenvalue weighted by atomic mass is 9.45. The molecule has 0 amide bonds. The molecule has 3 heterocycles. The summed E-state index contributed by atoms with van der Waals surface area (Å²) in [7, 11) is 3.61. The van der Waals surface area contributed by atoms with E-state index in [0.29, 0.717) is 85.0 Å². The van der Waals surface area contributed by atoms with Crippen molar-refractivity contribution in [3.8, 4) is 11.8 Å². The van der Waals surface area contributed by atoms with Crippen molar-refractivity contribution in [1.29, 1.82) is 0 Å². The average Bonchev–Trinajstić information content (AvgIpc) is 3.81. The van der Waals surface area contributed by atoms with Gasteiger partial charge >= 0.3 is 5.97 Å². The van der Waals surface area contributed by atoms with Crippen LogP contribution in [0.3, 0.4) is 0 Å². The molecule has 0 aromatic rings. The third-order valence-electron chi connectivity index (χ3n) is 19.4. The number of ether oxygens (including phenoxy) is 4. The lowest BCUT2D eigenvalue weighted by Gasteiger charge is -2.61. The number of carbonyl (C=O) groups excluding carboxylic acids is 1. The van der Waals surface area contributed by atoms with Gasteiger partial charge in [-0.25, -0.2) is 0 Å². The normalized spacial score (nSPS) is 52.7. The third-order valence-corrected chi connectivity index (χ3v) is 19.4. The predicted molar refractivity (Wildman–Crippen MR) is 225 cm³/mol. The minimum atomic E-state index is -0.550. The van der Waals surface area contributed by atoms with Crippen LogP contribution in [0.1, 0.15) is 122 Å².